The zero-order valence-corrected chi connectivity index (χ0v) is 14.3. The number of hydrazone groups is 1. The number of rotatable bonds is 4. The van der Waals surface area contributed by atoms with E-state index in [0.717, 1.165) is 35.6 Å². The van der Waals surface area contributed by atoms with Crippen molar-refractivity contribution in [2.75, 3.05) is 12.5 Å². The average molecular weight is 327 g/mol. The smallest absolute Gasteiger partial charge is 0.0977 e. The van der Waals surface area contributed by atoms with Gasteiger partial charge in [0.25, 0.3) is 0 Å². The maximum absolute atomic E-state index is 4.73. The molecule has 0 saturated carbocycles. The van der Waals surface area contributed by atoms with Crippen LogP contribution in [0, 0.1) is 0 Å². The highest BCUT2D eigenvalue weighted by atomic mass is 15.3. The first-order valence-corrected chi connectivity index (χ1v) is 8.54. The predicted molar refractivity (Wildman–Crippen MR) is 104 cm³/mol. The van der Waals surface area contributed by atoms with Crippen LogP contribution in [0.3, 0.4) is 0 Å². The van der Waals surface area contributed by atoms with Gasteiger partial charge in [-0.15, -0.1) is 0 Å². The lowest BCUT2D eigenvalue weighted by Crippen LogP contribution is -2.07. The summed E-state index contributed by atoms with van der Waals surface area (Å²) in [7, 11) is 2.15. The van der Waals surface area contributed by atoms with Crippen LogP contribution in [0.2, 0.25) is 0 Å². The maximum atomic E-state index is 4.73. The molecule has 0 amide bonds. The van der Waals surface area contributed by atoms with Gasteiger partial charge in [0.15, 0.2) is 0 Å². The van der Waals surface area contributed by atoms with Crippen LogP contribution in [0.1, 0.15) is 22.3 Å². The van der Waals surface area contributed by atoms with Gasteiger partial charge in [-0.3, -0.25) is 10.3 Å². The van der Waals surface area contributed by atoms with Crippen molar-refractivity contribution in [3.8, 4) is 0 Å². The zero-order chi connectivity index (χ0) is 17.1. The van der Waals surface area contributed by atoms with Gasteiger partial charge in [0.2, 0.25) is 0 Å². The molecule has 0 aromatic heterocycles. The first-order chi connectivity index (χ1) is 12.3. The standard InChI is InChI=1S/C22H21N3/c1-25-15-19-12-13-21(14-20(19)16-25)23-24-22(17-8-4-2-5-9-17)18-10-6-3-7-11-18/h2-14,23H,15-16H2,1H3. The zero-order valence-electron chi connectivity index (χ0n) is 14.3. The first kappa shape index (κ1) is 15.6. The molecule has 4 rings (SSSR count). The molecule has 0 aliphatic carbocycles. The molecule has 0 spiro atoms. The van der Waals surface area contributed by atoms with E-state index in [1.54, 1.807) is 0 Å². The Labute approximate surface area is 148 Å². The lowest BCUT2D eigenvalue weighted by atomic mass is 10.0. The summed E-state index contributed by atoms with van der Waals surface area (Å²) in [6.07, 6.45) is 0. The molecule has 0 unspecified atom stereocenters. The second kappa shape index (κ2) is 6.91. The van der Waals surface area contributed by atoms with Crippen molar-refractivity contribution in [1.82, 2.24) is 4.90 Å². The molecule has 0 fully saturated rings. The molecule has 3 aromatic carbocycles. The van der Waals surface area contributed by atoms with Crippen molar-refractivity contribution < 1.29 is 0 Å². The van der Waals surface area contributed by atoms with E-state index in [1.807, 2.05) is 36.4 Å². The topological polar surface area (TPSA) is 27.6 Å². The highest BCUT2D eigenvalue weighted by molar-refractivity contribution is 6.13. The summed E-state index contributed by atoms with van der Waals surface area (Å²) in [6.45, 7) is 2.02. The highest BCUT2D eigenvalue weighted by Crippen LogP contribution is 2.24. The molecule has 0 bridgehead atoms. The van der Waals surface area contributed by atoms with Crippen molar-refractivity contribution >= 4 is 11.4 Å². The Bertz CT molecular complexity index is 844. The summed E-state index contributed by atoms with van der Waals surface area (Å²) in [4.78, 5) is 2.32. The lowest BCUT2D eigenvalue weighted by molar-refractivity contribution is 0.353. The Balaban J connectivity index is 1.65. The molecule has 0 atom stereocenters. The van der Waals surface area contributed by atoms with Crippen molar-refractivity contribution in [3.63, 3.8) is 0 Å². The fourth-order valence-corrected chi connectivity index (χ4v) is 3.24. The van der Waals surface area contributed by atoms with Crippen LogP contribution in [0.25, 0.3) is 0 Å². The van der Waals surface area contributed by atoms with E-state index in [9.17, 15) is 0 Å². The van der Waals surface area contributed by atoms with Crippen LogP contribution in [0.15, 0.2) is 84.0 Å². The van der Waals surface area contributed by atoms with E-state index in [1.165, 1.54) is 11.1 Å². The number of nitrogens with zero attached hydrogens (tertiary/aromatic N) is 2. The second-order valence-corrected chi connectivity index (χ2v) is 6.46. The van der Waals surface area contributed by atoms with Gasteiger partial charge in [0.1, 0.15) is 0 Å². The van der Waals surface area contributed by atoms with Crippen LogP contribution in [-0.2, 0) is 13.1 Å². The Morgan fingerprint density at radius 2 is 1.40 bits per heavy atom. The maximum Gasteiger partial charge on any atom is 0.0977 e. The summed E-state index contributed by atoms with van der Waals surface area (Å²) in [6, 6.07) is 27.1. The Morgan fingerprint density at radius 1 is 0.800 bits per heavy atom. The Hall–Kier alpha value is -2.91. The van der Waals surface area contributed by atoms with Gasteiger partial charge in [-0.25, -0.2) is 0 Å². The molecule has 0 radical (unpaired) electrons. The molecule has 0 saturated heterocycles. The summed E-state index contributed by atoms with van der Waals surface area (Å²) < 4.78 is 0. The fourth-order valence-electron chi connectivity index (χ4n) is 3.24. The van der Waals surface area contributed by atoms with E-state index < -0.39 is 0 Å². The Morgan fingerprint density at radius 3 is 2.04 bits per heavy atom. The van der Waals surface area contributed by atoms with Gasteiger partial charge in [-0.05, 0) is 30.3 Å². The van der Waals surface area contributed by atoms with Crippen molar-refractivity contribution in [2.24, 2.45) is 5.10 Å². The van der Waals surface area contributed by atoms with E-state index in [0.29, 0.717) is 0 Å². The quantitative estimate of drug-likeness (QED) is 0.564. The van der Waals surface area contributed by atoms with Crippen molar-refractivity contribution in [3.05, 3.63) is 101 Å². The average Bonchev–Trinajstić information content (AvgIpc) is 3.03. The third-order valence-corrected chi connectivity index (χ3v) is 4.48. The minimum atomic E-state index is 0.943. The lowest BCUT2D eigenvalue weighted by Gasteiger charge is -2.09. The van der Waals surface area contributed by atoms with Crippen LogP contribution < -0.4 is 5.43 Å². The van der Waals surface area contributed by atoms with E-state index in [4.69, 9.17) is 5.10 Å². The number of fused-ring (bicyclic) bond motifs is 1. The molecule has 124 valence electrons. The number of anilines is 1. The molecular weight excluding hydrogens is 306 g/mol. The molecule has 1 N–H and O–H groups in total. The minimum absolute atomic E-state index is 0.943. The number of hydrogen-bond acceptors (Lipinski definition) is 3. The van der Waals surface area contributed by atoms with Gasteiger partial charge in [0, 0.05) is 24.2 Å². The molecule has 3 heteroatoms. The van der Waals surface area contributed by atoms with Gasteiger partial charge in [-0.2, -0.15) is 5.10 Å². The molecular formula is C22H21N3. The number of nitrogens with one attached hydrogen (secondary N) is 1. The van der Waals surface area contributed by atoms with Crippen LogP contribution in [0.5, 0.6) is 0 Å². The molecule has 3 aromatic rings. The molecule has 25 heavy (non-hydrogen) atoms. The van der Waals surface area contributed by atoms with E-state index in [2.05, 4.69) is 59.8 Å². The molecule has 3 nitrogen and oxygen atoms in total. The first-order valence-electron chi connectivity index (χ1n) is 8.54. The van der Waals surface area contributed by atoms with Crippen molar-refractivity contribution in [1.29, 1.82) is 0 Å². The molecule has 1 aliphatic heterocycles. The van der Waals surface area contributed by atoms with E-state index >= 15 is 0 Å². The second-order valence-electron chi connectivity index (χ2n) is 6.46. The monoisotopic (exact) mass is 327 g/mol. The summed E-state index contributed by atoms with van der Waals surface area (Å²) in [5.74, 6) is 0. The number of benzene rings is 3. The third kappa shape index (κ3) is 3.47. The largest absolute Gasteiger partial charge is 0.298 e. The molecule has 1 heterocycles. The molecule has 1 aliphatic rings. The van der Waals surface area contributed by atoms with Crippen LogP contribution in [0.4, 0.5) is 5.69 Å². The highest BCUT2D eigenvalue weighted by Gasteiger charge is 2.15. The Kier molecular flexibility index (Phi) is 4.32. The van der Waals surface area contributed by atoms with Gasteiger partial charge in [0.05, 0.1) is 11.4 Å². The summed E-state index contributed by atoms with van der Waals surface area (Å²) >= 11 is 0. The van der Waals surface area contributed by atoms with Gasteiger partial charge >= 0.3 is 0 Å². The van der Waals surface area contributed by atoms with Gasteiger partial charge in [-0.1, -0.05) is 66.7 Å². The van der Waals surface area contributed by atoms with Crippen LogP contribution in [-0.4, -0.2) is 17.7 Å². The fraction of sp³-hybridized carbons (Fsp3) is 0.136. The number of hydrogen-bond donors (Lipinski definition) is 1. The SMILES string of the molecule is CN1Cc2ccc(NN=C(c3ccccc3)c3ccccc3)cc2C1. The summed E-state index contributed by atoms with van der Waals surface area (Å²) in [5.41, 5.74) is 10.2. The van der Waals surface area contributed by atoms with Gasteiger partial charge < -0.3 is 0 Å². The third-order valence-electron chi connectivity index (χ3n) is 4.48. The van der Waals surface area contributed by atoms with E-state index in [-0.39, 0.29) is 0 Å². The predicted octanol–water partition coefficient (Wildman–Crippen LogP) is 4.50. The summed E-state index contributed by atoms with van der Waals surface area (Å²) in [5, 5.41) is 4.73. The normalized spacial score (nSPS) is 13.3. The minimum Gasteiger partial charge on any atom is -0.298 e. The van der Waals surface area contributed by atoms with Crippen molar-refractivity contribution in [2.45, 2.75) is 13.1 Å². The van der Waals surface area contributed by atoms with Crippen LogP contribution >= 0.6 is 0 Å².